The maximum atomic E-state index is 12.4. The number of ether oxygens (including phenoxy) is 1. The van der Waals surface area contributed by atoms with Crippen LogP contribution in [0.4, 0.5) is 5.69 Å². The molecule has 0 bridgehead atoms. The predicted octanol–water partition coefficient (Wildman–Crippen LogP) is 1.50. The quantitative estimate of drug-likeness (QED) is 0.802. The molecule has 1 aromatic carbocycles. The molecule has 1 N–H and O–H groups in total. The van der Waals surface area contributed by atoms with Crippen molar-refractivity contribution in [2.45, 2.75) is 13.3 Å². The summed E-state index contributed by atoms with van der Waals surface area (Å²) in [6.45, 7) is 2.02. The zero-order valence-electron chi connectivity index (χ0n) is 12.6. The second-order valence-electron chi connectivity index (χ2n) is 5.00. The van der Waals surface area contributed by atoms with Crippen molar-refractivity contribution in [3.63, 3.8) is 0 Å². The number of anilines is 1. The molecule has 0 unspecified atom stereocenters. The first-order chi connectivity index (χ1) is 10.9. The summed E-state index contributed by atoms with van der Waals surface area (Å²) < 4.78 is 6.18. The van der Waals surface area contributed by atoms with E-state index in [1.807, 2.05) is 0 Å². The van der Waals surface area contributed by atoms with E-state index in [4.69, 9.17) is 9.84 Å². The number of benzene rings is 1. The molecule has 0 radical (unpaired) electrons. The van der Waals surface area contributed by atoms with E-state index in [0.29, 0.717) is 18.0 Å². The van der Waals surface area contributed by atoms with Crippen LogP contribution in [0.1, 0.15) is 13.3 Å². The molecule has 2 rings (SSSR count). The van der Waals surface area contributed by atoms with E-state index in [2.05, 4.69) is 15.9 Å². The maximum Gasteiger partial charge on any atom is 0.305 e. The SMILES string of the molecule is CCN(CCC(=O)O)C(=O)CN1C(=O)COc2cc(Br)ccc21. The molecule has 0 aliphatic carbocycles. The molecule has 0 fully saturated rings. The van der Waals surface area contributed by atoms with Crippen LogP contribution in [0.2, 0.25) is 0 Å². The van der Waals surface area contributed by atoms with Crippen molar-refractivity contribution < 1.29 is 24.2 Å². The zero-order valence-corrected chi connectivity index (χ0v) is 14.2. The highest BCUT2D eigenvalue weighted by molar-refractivity contribution is 9.10. The van der Waals surface area contributed by atoms with E-state index < -0.39 is 5.97 Å². The Labute approximate surface area is 141 Å². The van der Waals surface area contributed by atoms with Crippen LogP contribution in [-0.4, -0.2) is 54.0 Å². The lowest BCUT2D eigenvalue weighted by molar-refractivity contribution is -0.138. The molecular formula is C15H17BrN2O5. The molecule has 0 atom stereocenters. The van der Waals surface area contributed by atoms with E-state index in [9.17, 15) is 14.4 Å². The van der Waals surface area contributed by atoms with Gasteiger partial charge in [-0.25, -0.2) is 0 Å². The fourth-order valence-corrected chi connectivity index (χ4v) is 2.62. The van der Waals surface area contributed by atoms with Gasteiger partial charge in [-0.2, -0.15) is 0 Å². The molecule has 1 aromatic rings. The minimum Gasteiger partial charge on any atom is -0.482 e. The number of hydrogen-bond donors (Lipinski definition) is 1. The molecule has 124 valence electrons. The van der Waals surface area contributed by atoms with Crippen molar-refractivity contribution in [2.75, 3.05) is 31.1 Å². The van der Waals surface area contributed by atoms with E-state index in [1.54, 1.807) is 25.1 Å². The highest BCUT2D eigenvalue weighted by Crippen LogP contribution is 2.34. The van der Waals surface area contributed by atoms with Crippen LogP contribution in [0.3, 0.4) is 0 Å². The average molecular weight is 385 g/mol. The monoisotopic (exact) mass is 384 g/mol. The number of fused-ring (bicyclic) bond motifs is 1. The number of carboxylic acids is 1. The summed E-state index contributed by atoms with van der Waals surface area (Å²) in [6, 6.07) is 5.21. The fourth-order valence-electron chi connectivity index (χ4n) is 2.28. The number of hydrogen-bond acceptors (Lipinski definition) is 4. The summed E-state index contributed by atoms with van der Waals surface area (Å²) in [7, 11) is 0. The molecule has 1 heterocycles. The minimum absolute atomic E-state index is 0.121. The first-order valence-electron chi connectivity index (χ1n) is 7.14. The van der Waals surface area contributed by atoms with E-state index in [0.717, 1.165) is 4.47 Å². The molecule has 1 aliphatic rings. The lowest BCUT2D eigenvalue weighted by Crippen LogP contribution is -2.46. The molecule has 7 nitrogen and oxygen atoms in total. The molecule has 23 heavy (non-hydrogen) atoms. The number of amides is 2. The standard InChI is InChI=1S/C15H17BrN2O5/c1-2-17(6-5-15(21)22)13(19)8-18-11-4-3-10(16)7-12(11)23-9-14(18)20/h3-4,7H,2,5-6,8-9H2,1H3,(H,21,22). The lowest BCUT2D eigenvalue weighted by Gasteiger charge is -2.31. The molecular weight excluding hydrogens is 368 g/mol. The van der Waals surface area contributed by atoms with Gasteiger partial charge in [0.15, 0.2) is 6.61 Å². The Morgan fingerprint density at radius 3 is 2.83 bits per heavy atom. The van der Waals surface area contributed by atoms with Gasteiger partial charge in [0.2, 0.25) is 5.91 Å². The summed E-state index contributed by atoms with van der Waals surface area (Å²) in [5.74, 6) is -1.03. The number of carbonyl (C=O) groups is 3. The van der Waals surface area contributed by atoms with Crippen molar-refractivity contribution >= 4 is 39.4 Å². The van der Waals surface area contributed by atoms with E-state index >= 15 is 0 Å². The van der Waals surface area contributed by atoms with Gasteiger partial charge in [-0.05, 0) is 25.1 Å². The topological polar surface area (TPSA) is 87.2 Å². The van der Waals surface area contributed by atoms with Crippen molar-refractivity contribution in [1.29, 1.82) is 0 Å². The maximum absolute atomic E-state index is 12.4. The van der Waals surface area contributed by atoms with E-state index in [1.165, 1.54) is 9.80 Å². The van der Waals surface area contributed by atoms with Gasteiger partial charge < -0.3 is 14.7 Å². The molecule has 0 aromatic heterocycles. The first kappa shape index (κ1) is 17.3. The third kappa shape index (κ3) is 4.22. The van der Waals surface area contributed by atoms with Crippen molar-refractivity contribution in [1.82, 2.24) is 4.90 Å². The van der Waals surface area contributed by atoms with Crippen molar-refractivity contribution in [3.05, 3.63) is 22.7 Å². The number of carbonyl (C=O) groups excluding carboxylic acids is 2. The summed E-state index contributed by atoms with van der Waals surface area (Å²) in [4.78, 5) is 37.9. The van der Waals surface area contributed by atoms with Crippen LogP contribution in [-0.2, 0) is 14.4 Å². The molecule has 2 amide bonds. The summed E-state index contributed by atoms with van der Waals surface area (Å²) in [5.41, 5.74) is 0.534. The lowest BCUT2D eigenvalue weighted by atomic mass is 10.2. The fraction of sp³-hybridized carbons (Fsp3) is 0.400. The van der Waals surface area contributed by atoms with Gasteiger partial charge in [-0.1, -0.05) is 15.9 Å². The Bertz CT molecular complexity index is 634. The molecule has 1 aliphatic heterocycles. The van der Waals surface area contributed by atoms with Gasteiger partial charge in [-0.3, -0.25) is 19.3 Å². The van der Waals surface area contributed by atoms with Crippen LogP contribution in [0.15, 0.2) is 22.7 Å². The zero-order chi connectivity index (χ0) is 17.0. The van der Waals surface area contributed by atoms with Crippen LogP contribution in [0.5, 0.6) is 5.75 Å². The molecule has 0 spiro atoms. The predicted molar refractivity (Wildman–Crippen MR) is 86.5 cm³/mol. The molecule has 0 saturated carbocycles. The third-order valence-electron chi connectivity index (χ3n) is 3.49. The number of halogens is 1. The largest absolute Gasteiger partial charge is 0.482 e. The molecule has 0 saturated heterocycles. The highest BCUT2D eigenvalue weighted by Gasteiger charge is 2.28. The van der Waals surface area contributed by atoms with Crippen LogP contribution < -0.4 is 9.64 Å². The summed E-state index contributed by atoms with van der Waals surface area (Å²) >= 11 is 3.33. The van der Waals surface area contributed by atoms with Gasteiger partial charge >= 0.3 is 5.97 Å². The number of carboxylic acid groups (broad SMARTS) is 1. The summed E-state index contributed by atoms with van der Waals surface area (Å²) in [6.07, 6.45) is -0.125. The van der Waals surface area contributed by atoms with Crippen molar-refractivity contribution in [3.8, 4) is 5.75 Å². The number of aliphatic carboxylic acids is 1. The van der Waals surface area contributed by atoms with Gasteiger partial charge in [0.1, 0.15) is 12.3 Å². The smallest absolute Gasteiger partial charge is 0.305 e. The average Bonchev–Trinajstić information content (AvgIpc) is 2.50. The first-order valence-corrected chi connectivity index (χ1v) is 7.94. The Hall–Kier alpha value is -2.09. The summed E-state index contributed by atoms with van der Waals surface area (Å²) in [5, 5.41) is 8.74. The Kier molecular flexibility index (Phi) is 5.59. The van der Waals surface area contributed by atoms with Crippen molar-refractivity contribution in [2.24, 2.45) is 0 Å². The van der Waals surface area contributed by atoms with Gasteiger partial charge in [0, 0.05) is 17.6 Å². The second-order valence-corrected chi connectivity index (χ2v) is 5.91. The number of rotatable bonds is 6. The van der Waals surface area contributed by atoms with Crippen LogP contribution >= 0.6 is 15.9 Å². The van der Waals surface area contributed by atoms with Gasteiger partial charge in [0.05, 0.1) is 12.1 Å². The van der Waals surface area contributed by atoms with Crippen LogP contribution in [0, 0.1) is 0 Å². The van der Waals surface area contributed by atoms with Crippen LogP contribution in [0.25, 0.3) is 0 Å². The Morgan fingerprint density at radius 2 is 2.17 bits per heavy atom. The van der Waals surface area contributed by atoms with E-state index in [-0.39, 0.29) is 37.9 Å². The van der Waals surface area contributed by atoms with Gasteiger partial charge in [-0.15, -0.1) is 0 Å². The normalized spacial score (nSPS) is 13.3. The Morgan fingerprint density at radius 1 is 1.43 bits per heavy atom. The molecule has 8 heteroatoms. The van der Waals surface area contributed by atoms with Gasteiger partial charge in [0.25, 0.3) is 5.91 Å². The third-order valence-corrected chi connectivity index (χ3v) is 3.98. The highest BCUT2D eigenvalue weighted by atomic mass is 79.9. The minimum atomic E-state index is -0.964. The number of nitrogens with zero attached hydrogens (tertiary/aromatic N) is 2. The number of likely N-dealkylation sites (N-methyl/N-ethyl adjacent to an activating group) is 1. The second kappa shape index (κ2) is 7.45. The Balaban J connectivity index is 2.13.